The van der Waals surface area contributed by atoms with Gasteiger partial charge in [0, 0.05) is 13.0 Å². The van der Waals surface area contributed by atoms with Gasteiger partial charge >= 0.3 is 0 Å². The lowest BCUT2D eigenvalue weighted by atomic mass is 10.2. The molecule has 4 rings (SSSR count). The molecule has 0 aliphatic carbocycles. The van der Waals surface area contributed by atoms with E-state index in [0.29, 0.717) is 21.8 Å². The third-order valence-corrected chi connectivity index (χ3v) is 5.10. The molecule has 0 bridgehead atoms. The molecular weight excluding hydrogens is 364 g/mol. The van der Waals surface area contributed by atoms with Gasteiger partial charge in [0.2, 0.25) is 5.91 Å². The van der Waals surface area contributed by atoms with Gasteiger partial charge in [0.1, 0.15) is 11.3 Å². The monoisotopic (exact) mass is 380 g/mol. The van der Waals surface area contributed by atoms with Crippen molar-refractivity contribution in [1.29, 1.82) is 0 Å². The quantitative estimate of drug-likeness (QED) is 0.575. The molecule has 0 aliphatic rings. The van der Waals surface area contributed by atoms with E-state index in [1.54, 1.807) is 25.3 Å². The number of amides is 1. The maximum absolute atomic E-state index is 12.5. The van der Waals surface area contributed by atoms with Crippen molar-refractivity contribution in [2.75, 3.05) is 12.4 Å². The Labute approximate surface area is 158 Å². The minimum Gasteiger partial charge on any atom is -0.494 e. The van der Waals surface area contributed by atoms with Crippen LogP contribution < -0.4 is 15.6 Å². The van der Waals surface area contributed by atoms with Crippen molar-refractivity contribution < 1.29 is 9.53 Å². The van der Waals surface area contributed by atoms with E-state index in [1.807, 2.05) is 24.3 Å². The first-order valence-corrected chi connectivity index (χ1v) is 9.15. The van der Waals surface area contributed by atoms with Gasteiger partial charge in [0.25, 0.3) is 5.56 Å². The van der Waals surface area contributed by atoms with Crippen LogP contribution in [-0.2, 0) is 11.3 Å². The summed E-state index contributed by atoms with van der Waals surface area (Å²) in [4.78, 5) is 33.4. The fourth-order valence-electron chi connectivity index (χ4n) is 2.81. The lowest BCUT2D eigenvalue weighted by Gasteiger charge is -2.06. The fourth-order valence-corrected chi connectivity index (χ4v) is 3.71. The van der Waals surface area contributed by atoms with Crippen molar-refractivity contribution in [3.63, 3.8) is 0 Å². The number of thiazole rings is 1. The Morgan fingerprint density at radius 1 is 1.22 bits per heavy atom. The molecule has 2 aromatic carbocycles. The van der Waals surface area contributed by atoms with Crippen LogP contribution in [0.3, 0.4) is 0 Å². The molecule has 0 fully saturated rings. The summed E-state index contributed by atoms with van der Waals surface area (Å²) in [5.74, 6) is 0.450. The van der Waals surface area contributed by atoms with Crippen LogP contribution in [0.4, 0.5) is 5.13 Å². The molecule has 2 heterocycles. The largest absolute Gasteiger partial charge is 0.494 e. The zero-order valence-electron chi connectivity index (χ0n) is 14.5. The van der Waals surface area contributed by atoms with Crippen molar-refractivity contribution in [2.24, 2.45) is 0 Å². The van der Waals surface area contributed by atoms with Gasteiger partial charge in [-0.1, -0.05) is 29.5 Å². The Kier molecular flexibility index (Phi) is 4.55. The zero-order valence-corrected chi connectivity index (χ0v) is 15.3. The van der Waals surface area contributed by atoms with Crippen LogP contribution in [0.15, 0.2) is 53.6 Å². The number of aromatic nitrogens is 3. The molecule has 0 unspecified atom stereocenters. The zero-order chi connectivity index (χ0) is 18.8. The van der Waals surface area contributed by atoms with E-state index in [9.17, 15) is 9.59 Å². The number of methoxy groups -OCH3 is 1. The summed E-state index contributed by atoms with van der Waals surface area (Å²) < 4.78 is 7.66. The number of hydrogen-bond donors (Lipinski definition) is 1. The molecule has 7 nitrogen and oxygen atoms in total. The summed E-state index contributed by atoms with van der Waals surface area (Å²) >= 11 is 1.38. The highest BCUT2D eigenvalue weighted by molar-refractivity contribution is 7.22. The molecule has 0 atom stereocenters. The van der Waals surface area contributed by atoms with Crippen LogP contribution in [0.1, 0.15) is 6.42 Å². The van der Waals surface area contributed by atoms with E-state index >= 15 is 0 Å². The van der Waals surface area contributed by atoms with Gasteiger partial charge in [0.05, 0.1) is 29.0 Å². The summed E-state index contributed by atoms with van der Waals surface area (Å²) in [6.45, 7) is 0.247. The Bertz CT molecular complexity index is 1200. The van der Waals surface area contributed by atoms with E-state index in [1.165, 1.54) is 22.2 Å². The molecule has 1 amide bonds. The number of nitrogens with zero attached hydrogens (tertiary/aromatic N) is 3. The molecular formula is C19H16N4O3S. The molecule has 2 aromatic heterocycles. The van der Waals surface area contributed by atoms with E-state index in [2.05, 4.69) is 15.3 Å². The van der Waals surface area contributed by atoms with Gasteiger partial charge in [-0.3, -0.25) is 14.2 Å². The maximum Gasteiger partial charge on any atom is 0.261 e. The number of anilines is 1. The summed E-state index contributed by atoms with van der Waals surface area (Å²) in [5.41, 5.74) is 1.21. The summed E-state index contributed by atoms with van der Waals surface area (Å²) in [6.07, 6.45) is 1.62. The Hall–Kier alpha value is -3.26. The van der Waals surface area contributed by atoms with Crippen LogP contribution in [-0.4, -0.2) is 27.6 Å². The van der Waals surface area contributed by atoms with E-state index in [0.717, 1.165) is 10.2 Å². The van der Waals surface area contributed by atoms with Gasteiger partial charge in [0.15, 0.2) is 5.13 Å². The number of carbonyl (C=O) groups excluding carboxylic acids is 1. The molecule has 4 aromatic rings. The van der Waals surface area contributed by atoms with Crippen molar-refractivity contribution in [3.8, 4) is 5.75 Å². The molecule has 0 aliphatic heterocycles. The SMILES string of the molecule is COc1cccc2sc(NC(=O)CCn3cnc4ccccc4c3=O)nc12. The standard InChI is InChI=1S/C19H16N4O3S/c1-26-14-7-4-8-15-17(14)22-19(27-15)21-16(24)9-10-23-11-20-13-6-3-2-5-12(13)18(23)25/h2-8,11H,9-10H2,1H3,(H,21,22,24). The van der Waals surface area contributed by atoms with Crippen molar-refractivity contribution in [2.45, 2.75) is 13.0 Å². The smallest absolute Gasteiger partial charge is 0.261 e. The number of benzene rings is 2. The molecule has 0 spiro atoms. The maximum atomic E-state index is 12.5. The molecule has 8 heteroatoms. The second kappa shape index (κ2) is 7.16. The predicted octanol–water partition coefficient (Wildman–Crippen LogP) is 3.04. The molecule has 1 N–H and O–H groups in total. The first-order chi connectivity index (χ1) is 13.2. The number of rotatable bonds is 5. The first-order valence-electron chi connectivity index (χ1n) is 8.33. The molecule has 136 valence electrons. The van der Waals surface area contributed by atoms with E-state index in [4.69, 9.17) is 4.74 Å². The highest BCUT2D eigenvalue weighted by atomic mass is 32.1. The number of aryl methyl sites for hydroxylation is 1. The highest BCUT2D eigenvalue weighted by Crippen LogP contribution is 2.32. The normalized spacial score (nSPS) is 11.0. The predicted molar refractivity (Wildman–Crippen MR) is 105 cm³/mol. The Balaban J connectivity index is 1.47. The minimum atomic E-state index is -0.215. The van der Waals surface area contributed by atoms with Crippen LogP contribution in [0.2, 0.25) is 0 Å². The van der Waals surface area contributed by atoms with Gasteiger partial charge in [-0.25, -0.2) is 9.97 Å². The number of nitrogens with one attached hydrogen (secondary N) is 1. The highest BCUT2D eigenvalue weighted by Gasteiger charge is 2.12. The summed E-state index contributed by atoms with van der Waals surface area (Å²) in [6, 6.07) is 12.8. The molecule has 27 heavy (non-hydrogen) atoms. The average molecular weight is 380 g/mol. The lowest BCUT2D eigenvalue weighted by Crippen LogP contribution is -2.23. The van der Waals surface area contributed by atoms with Crippen molar-refractivity contribution in [3.05, 3.63) is 59.1 Å². The van der Waals surface area contributed by atoms with Crippen molar-refractivity contribution in [1.82, 2.24) is 14.5 Å². The van der Waals surface area contributed by atoms with Crippen LogP contribution in [0.5, 0.6) is 5.75 Å². The fraction of sp³-hybridized carbons (Fsp3) is 0.158. The molecule has 0 radical (unpaired) electrons. The minimum absolute atomic E-state index is 0.146. The summed E-state index contributed by atoms with van der Waals surface area (Å²) in [5, 5.41) is 3.83. The molecule has 0 saturated heterocycles. The van der Waals surface area contributed by atoms with Gasteiger partial charge in [-0.2, -0.15) is 0 Å². The Morgan fingerprint density at radius 3 is 2.93 bits per heavy atom. The van der Waals surface area contributed by atoms with Gasteiger partial charge < -0.3 is 10.1 Å². The first kappa shape index (κ1) is 17.2. The van der Waals surface area contributed by atoms with E-state index in [-0.39, 0.29) is 24.4 Å². The number of carbonyl (C=O) groups is 1. The third-order valence-electron chi connectivity index (χ3n) is 4.16. The average Bonchev–Trinajstić information content (AvgIpc) is 3.10. The molecule has 0 saturated carbocycles. The lowest BCUT2D eigenvalue weighted by molar-refractivity contribution is -0.116. The van der Waals surface area contributed by atoms with Gasteiger partial charge in [-0.15, -0.1) is 0 Å². The van der Waals surface area contributed by atoms with Crippen LogP contribution >= 0.6 is 11.3 Å². The second-order valence-electron chi connectivity index (χ2n) is 5.88. The number of fused-ring (bicyclic) bond motifs is 2. The number of para-hydroxylation sites is 2. The Morgan fingerprint density at radius 2 is 2.07 bits per heavy atom. The van der Waals surface area contributed by atoms with Crippen LogP contribution in [0, 0.1) is 0 Å². The van der Waals surface area contributed by atoms with Gasteiger partial charge in [-0.05, 0) is 24.3 Å². The van der Waals surface area contributed by atoms with E-state index < -0.39 is 0 Å². The number of ether oxygens (including phenoxy) is 1. The van der Waals surface area contributed by atoms with Crippen LogP contribution in [0.25, 0.3) is 21.1 Å². The topological polar surface area (TPSA) is 86.1 Å². The third kappa shape index (κ3) is 3.39. The van der Waals surface area contributed by atoms with Crippen molar-refractivity contribution >= 4 is 43.5 Å². The summed E-state index contributed by atoms with van der Waals surface area (Å²) in [7, 11) is 1.59. The second-order valence-corrected chi connectivity index (χ2v) is 6.92. The number of hydrogen-bond acceptors (Lipinski definition) is 6.